The minimum Gasteiger partial charge on any atom is -0.315 e. The summed E-state index contributed by atoms with van der Waals surface area (Å²) in [6.07, 6.45) is 5.72. The third kappa shape index (κ3) is 2.87. The lowest BCUT2D eigenvalue weighted by atomic mass is 10.0. The number of nitrogens with one attached hydrogen (secondary N) is 1. The summed E-state index contributed by atoms with van der Waals surface area (Å²) in [7, 11) is 0. The molecule has 0 bridgehead atoms. The Morgan fingerprint density at radius 1 is 1.56 bits per heavy atom. The summed E-state index contributed by atoms with van der Waals surface area (Å²) in [6, 6.07) is 0. The van der Waals surface area contributed by atoms with Crippen LogP contribution < -0.4 is 5.32 Å². The monoisotopic (exact) mass is 147 g/mol. The van der Waals surface area contributed by atoms with Gasteiger partial charge < -0.3 is 5.32 Å². The van der Waals surface area contributed by atoms with E-state index in [9.17, 15) is 0 Å². The highest BCUT2D eigenvalue weighted by Gasteiger charge is 2.11. The zero-order valence-electron chi connectivity index (χ0n) is 5.76. The van der Waals surface area contributed by atoms with Gasteiger partial charge in [0.05, 0.1) is 0 Å². The Hall–Kier alpha value is -0.0100. The van der Waals surface area contributed by atoms with Crippen LogP contribution >= 0.6 is 12.4 Å². The maximum Gasteiger partial charge on any atom is 0.00266 e. The van der Waals surface area contributed by atoms with Gasteiger partial charge in [0, 0.05) is 19.0 Å². The van der Waals surface area contributed by atoms with Crippen molar-refractivity contribution in [3.05, 3.63) is 12.2 Å². The summed E-state index contributed by atoms with van der Waals surface area (Å²) in [5.41, 5.74) is 0. The average molecular weight is 148 g/mol. The van der Waals surface area contributed by atoms with Gasteiger partial charge in [-0.05, 0) is 6.42 Å². The Bertz CT molecular complexity index is 86.9. The number of rotatable bonds is 2. The van der Waals surface area contributed by atoms with E-state index >= 15 is 0 Å². The van der Waals surface area contributed by atoms with Crippen molar-refractivity contribution in [2.45, 2.75) is 13.3 Å². The second-order valence-electron chi connectivity index (χ2n) is 2.25. The van der Waals surface area contributed by atoms with Crippen LogP contribution in [0.25, 0.3) is 0 Å². The molecular weight excluding hydrogens is 134 g/mol. The van der Waals surface area contributed by atoms with Crippen molar-refractivity contribution in [2.24, 2.45) is 5.92 Å². The molecule has 9 heavy (non-hydrogen) atoms. The average Bonchev–Trinajstić information content (AvgIpc) is 1.63. The van der Waals surface area contributed by atoms with Gasteiger partial charge in [-0.1, -0.05) is 19.1 Å². The molecule has 0 radical (unpaired) electrons. The largest absolute Gasteiger partial charge is 0.315 e. The molecule has 54 valence electrons. The van der Waals surface area contributed by atoms with Crippen molar-refractivity contribution in [3.63, 3.8) is 0 Å². The van der Waals surface area contributed by atoms with Gasteiger partial charge in [0.1, 0.15) is 0 Å². The first-order valence-electron chi connectivity index (χ1n) is 3.31. The van der Waals surface area contributed by atoms with Gasteiger partial charge in [-0.25, -0.2) is 0 Å². The summed E-state index contributed by atoms with van der Waals surface area (Å²) >= 11 is 0. The van der Waals surface area contributed by atoms with Gasteiger partial charge in [-0.15, -0.1) is 12.4 Å². The quantitative estimate of drug-likeness (QED) is 0.585. The van der Waals surface area contributed by atoms with E-state index in [1.807, 2.05) is 0 Å². The molecule has 1 rings (SSSR count). The fraction of sp³-hybridized carbons (Fsp3) is 0.714. The van der Waals surface area contributed by atoms with E-state index in [0.29, 0.717) is 0 Å². The van der Waals surface area contributed by atoms with Crippen LogP contribution in [0.5, 0.6) is 0 Å². The van der Waals surface area contributed by atoms with Gasteiger partial charge >= 0.3 is 0 Å². The molecule has 0 aliphatic carbocycles. The van der Waals surface area contributed by atoms with E-state index in [2.05, 4.69) is 24.4 Å². The van der Waals surface area contributed by atoms with Gasteiger partial charge in [0.2, 0.25) is 0 Å². The molecule has 0 aromatic heterocycles. The van der Waals surface area contributed by atoms with E-state index in [0.717, 1.165) is 5.92 Å². The third-order valence-corrected chi connectivity index (χ3v) is 1.46. The number of hydrogen-bond acceptors (Lipinski definition) is 1. The molecule has 0 aromatic carbocycles. The molecule has 0 unspecified atom stereocenters. The summed E-state index contributed by atoms with van der Waals surface area (Å²) < 4.78 is 0. The predicted octanol–water partition coefficient (Wildman–Crippen LogP) is 1.59. The fourth-order valence-corrected chi connectivity index (χ4v) is 0.776. The summed E-state index contributed by atoms with van der Waals surface area (Å²) in [6.45, 7) is 4.55. The molecule has 0 aromatic rings. The van der Waals surface area contributed by atoms with E-state index in [-0.39, 0.29) is 12.4 Å². The van der Waals surface area contributed by atoms with Crippen LogP contribution in [-0.4, -0.2) is 13.1 Å². The highest BCUT2D eigenvalue weighted by atomic mass is 35.5. The highest BCUT2D eigenvalue weighted by Crippen LogP contribution is 2.03. The van der Waals surface area contributed by atoms with Crippen LogP contribution in [0.2, 0.25) is 0 Å². The first-order valence-corrected chi connectivity index (χ1v) is 3.31. The summed E-state index contributed by atoms with van der Waals surface area (Å²) in [5, 5.41) is 3.22. The standard InChI is InChI=1S/C7H13N.ClH/c1-2-3-4-7-5-8-6-7;/h3-4,7-8H,2,5-6H2,1H3;1H/b4-3-;. The topological polar surface area (TPSA) is 12.0 Å². The van der Waals surface area contributed by atoms with Crippen LogP contribution in [-0.2, 0) is 0 Å². The van der Waals surface area contributed by atoms with Crippen LogP contribution in [0.1, 0.15) is 13.3 Å². The Kier molecular flexibility index (Phi) is 4.83. The smallest absolute Gasteiger partial charge is 0.00266 e. The number of halogens is 1. The zero-order chi connectivity index (χ0) is 5.82. The van der Waals surface area contributed by atoms with E-state index in [1.165, 1.54) is 19.5 Å². The van der Waals surface area contributed by atoms with Crippen molar-refractivity contribution in [1.29, 1.82) is 0 Å². The fourth-order valence-electron chi connectivity index (χ4n) is 0.776. The third-order valence-electron chi connectivity index (χ3n) is 1.46. The van der Waals surface area contributed by atoms with Crippen LogP contribution in [0.4, 0.5) is 0 Å². The predicted molar refractivity (Wildman–Crippen MR) is 43.0 cm³/mol. The lowest BCUT2D eigenvalue weighted by molar-refractivity contribution is 0.418. The molecular formula is C7H14ClN. The van der Waals surface area contributed by atoms with Gasteiger partial charge in [0.25, 0.3) is 0 Å². The molecule has 0 spiro atoms. The summed E-state index contributed by atoms with van der Waals surface area (Å²) in [4.78, 5) is 0. The minimum absolute atomic E-state index is 0. The molecule has 1 saturated heterocycles. The Balaban J connectivity index is 0.000000640. The molecule has 1 aliphatic rings. The molecule has 0 saturated carbocycles. The van der Waals surface area contributed by atoms with Crippen molar-refractivity contribution in [2.75, 3.05) is 13.1 Å². The second-order valence-corrected chi connectivity index (χ2v) is 2.25. The second kappa shape index (κ2) is 4.83. The molecule has 1 nitrogen and oxygen atoms in total. The Morgan fingerprint density at radius 3 is 2.56 bits per heavy atom. The molecule has 0 atom stereocenters. The van der Waals surface area contributed by atoms with E-state index in [1.54, 1.807) is 0 Å². The molecule has 0 amide bonds. The van der Waals surface area contributed by atoms with Crippen molar-refractivity contribution >= 4 is 12.4 Å². The molecule has 1 N–H and O–H groups in total. The van der Waals surface area contributed by atoms with Crippen LogP contribution in [0.15, 0.2) is 12.2 Å². The lowest BCUT2D eigenvalue weighted by Crippen LogP contribution is -2.40. The zero-order valence-corrected chi connectivity index (χ0v) is 6.58. The van der Waals surface area contributed by atoms with E-state index < -0.39 is 0 Å². The molecule has 1 heterocycles. The SMILES string of the molecule is CC/C=C\C1CNC1.Cl. The first kappa shape index (κ1) is 8.99. The molecule has 1 aliphatic heterocycles. The lowest BCUT2D eigenvalue weighted by Gasteiger charge is -2.23. The van der Waals surface area contributed by atoms with Crippen LogP contribution in [0.3, 0.4) is 0 Å². The van der Waals surface area contributed by atoms with Crippen molar-refractivity contribution in [1.82, 2.24) is 5.32 Å². The van der Waals surface area contributed by atoms with Crippen molar-refractivity contribution < 1.29 is 0 Å². The first-order chi connectivity index (χ1) is 3.93. The minimum atomic E-state index is 0. The van der Waals surface area contributed by atoms with Crippen LogP contribution in [0, 0.1) is 5.92 Å². The highest BCUT2D eigenvalue weighted by molar-refractivity contribution is 5.85. The Labute approximate surface area is 62.9 Å². The van der Waals surface area contributed by atoms with Gasteiger partial charge in [-0.3, -0.25) is 0 Å². The summed E-state index contributed by atoms with van der Waals surface area (Å²) in [5.74, 6) is 0.843. The molecule has 1 fully saturated rings. The number of hydrogen-bond donors (Lipinski definition) is 1. The van der Waals surface area contributed by atoms with E-state index in [4.69, 9.17) is 0 Å². The van der Waals surface area contributed by atoms with Gasteiger partial charge in [0.15, 0.2) is 0 Å². The van der Waals surface area contributed by atoms with Crippen molar-refractivity contribution in [3.8, 4) is 0 Å². The maximum atomic E-state index is 3.22. The molecule has 2 heteroatoms. The normalized spacial score (nSPS) is 19.2. The number of allylic oxidation sites excluding steroid dienone is 1. The van der Waals surface area contributed by atoms with Gasteiger partial charge in [-0.2, -0.15) is 0 Å². The maximum absolute atomic E-state index is 3.22. The Morgan fingerprint density at radius 2 is 2.22 bits per heavy atom.